The van der Waals surface area contributed by atoms with Crippen LogP contribution in [0.3, 0.4) is 0 Å². The number of rotatable bonds is 6. The number of para-hydroxylation sites is 2. The first-order valence-corrected chi connectivity index (χ1v) is 19.8. The van der Waals surface area contributed by atoms with Crippen LogP contribution in [0.5, 0.6) is 0 Å². The Morgan fingerprint density at radius 3 is 1.86 bits per heavy atom. The minimum absolute atomic E-state index is 0.102. The van der Waals surface area contributed by atoms with E-state index in [9.17, 15) is 0 Å². The van der Waals surface area contributed by atoms with E-state index in [2.05, 4.69) is 207 Å². The third kappa shape index (κ3) is 5.33. The van der Waals surface area contributed by atoms with Gasteiger partial charge < -0.3 is 9.32 Å². The van der Waals surface area contributed by atoms with Crippen LogP contribution in [0.1, 0.15) is 25.0 Å². The highest BCUT2D eigenvalue weighted by Crippen LogP contribution is 2.52. The van der Waals surface area contributed by atoms with E-state index in [1.165, 1.54) is 55.3 Å². The summed E-state index contributed by atoms with van der Waals surface area (Å²) in [5, 5.41) is 4.73. The standard InChI is InChI=1S/C55H39NO/c1-55(2)50-25-8-5-20-46(50)49-24-13-23-45(54(49)55)37-28-30-40(31-29-37)56(41-32-33-48-47-21-7-10-27-52(47)57-53(48)35-41)51-26-9-6-19-44(51)39-17-11-16-38(34-39)43-22-12-15-36-14-3-4-18-42(36)43/h3-35H,1-2H3. The van der Waals surface area contributed by atoms with E-state index >= 15 is 0 Å². The van der Waals surface area contributed by atoms with Crippen molar-refractivity contribution in [1.29, 1.82) is 0 Å². The normalized spacial score (nSPS) is 12.9. The average Bonchev–Trinajstić information content (AvgIpc) is 3.75. The maximum absolute atomic E-state index is 6.47. The second-order valence-electron chi connectivity index (χ2n) is 15.7. The summed E-state index contributed by atoms with van der Waals surface area (Å²) < 4.78 is 6.47. The van der Waals surface area contributed by atoms with Crippen molar-refractivity contribution in [1.82, 2.24) is 0 Å². The summed E-state index contributed by atoms with van der Waals surface area (Å²) in [5.41, 5.74) is 17.5. The van der Waals surface area contributed by atoms with Crippen molar-refractivity contribution in [2.24, 2.45) is 0 Å². The fourth-order valence-corrected chi connectivity index (χ4v) is 9.40. The van der Waals surface area contributed by atoms with Crippen LogP contribution < -0.4 is 4.90 Å². The molecule has 0 aliphatic heterocycles. The highest BCUT2D eigenvalue weighted by atomic mass is 16.3. The molecule has 57 heavy (non-hydrogen) atoms. The van der Waals surface area contributed by atoms with Crippen LogP contribution in [-0.4, -0.2) is 0 Å². The van der Waals surface area contributed by atoms with Gasteiger partial charge in [-0.25, -0.2) is 0 Å². The van der Waals surface area contributed by atoms with Gasteiger partial charge in [-0.05, 0) is 103 Å². The summed E-state index contributed by atoms with van der Waals surface area (Å²) >= 11 is 0. The molecule has 0 spiro atoms. The van der Waals surface area contributed by atoms with E-state index in [0.717, 1.165) is 50.1 Å². The first-order chi connectivity index (χ1) is 28.0. The van der Waals surface area contributed by atoms with E-state index in [1.54, 1.807) is 0 Å². The van der Waals surface area contributed by atoms with Gasteiger partial charge in [0.15, 0.2) is 0 Å². The lowest BCUT2D eigenvalue weighted by molar-refractivity contribution is 0.662. The van der Waals surface area contributed by atoms with Crippen LogP contribution in [0.25, 0.3) is 77.2 Å². The van der Waals surface area contributed by atoms with Crippen LogP contribution in [0, 0.1) is 0 Å². The zero-order chi connectivity index (χ0) is 38.1. The highest BCUT2D eigenvalue weighted by molar-refractivity contribution is 6.06. The van der Waals surface area contributed by atoms with Gasteiger partial charge in [-0.3, -0.25) is 0 Å². The molecule has 0 radical (unpaired) electrons. The molecule has 2 nitrogen and oxygen atoms in total. The zero-order valence-corrected chi connectivity index (χ0v) is 31.9. The Bertz CT molecular complexity index is 3160. The number of hydrogen-bond acceptors (Lipinski definition) is 2. The Kier molecular flexibility index (Phi) is 7.55. The molecule has 0 fully saturated rings. The molecular weight excluding hydrogens is 691 g/mol. The minimum Gasteiger partial charge on any atom is -0.456 e. The van der Waals surface area contributed by atoms with Crippen molar-refractivity contribution in [2.45, 2.75) is 19.3 Å². The van der Waals surface area contributed by atoms with Crippen LogP contribution in [0.2, 0.25) is 0 Å². The monoisotopic (exact) mass is 729 g/mol. The predicted octanol–water partition coefficient (Wildman–Crippen LogP) is 15.5. The van der Waals surface area contributed by atoms with Gasteiger partial charge in [0, 0.05) is 39.2 Å². The summed E-state index contributed by atoms with van der Waals surface area (Å²) in [5.74, 6) is 0. The van der Waals surface area contributed by atoms with Gasteiger partial charge in [0.1, 0.15) is 11.2 Å². The molecule has 10 aromatic rings. The van der Waals surface area contributed by atoms with Gasteiger partial charge in [-0.2, -0.15) is 0 Å². The van der Waals surface area contributed by atoms with Crippen LogP contribution >= 0.6 is 0 Å². The third-order valence-electron chi connectivity index (χ3n) is 12.1. The van der Waals surface area contributed by atoms with Crippen molar-refractivity contribution >= 4 is 49.8 Å². The lowest BCUT2D eigenvalue weighted by Gasteiger charge is -2.28. The van der Waals surface area contributed by atoms with Gasteiger partial charge in [-0.1, -0.05) is 166 Å². The Balaban J connectivity index is 1.07. The molecule has 0 unspecified atom stereocenters. The molecule has 0 bridgehead atoms. The lowest BCUT2D eigenvalue weighted by Crippen LogP contribution is -2.16. The summed E-state index contributed by atoms with van der Waals surface area (Å²) in [7, 11) is 0. The molecule has 0 atom stereocenters. The molecule has 2 heteroatoms. The lowest BCUT2D eigenvalue weighted by atomic mass is 9.79. The average molecular weight is 730 g/mol. The predicted molar refractivity (Wildman–Crippen MR) is 240 cm³/mol. The van der Waals surface area contributed by atoms with Crippen molar-refractivity contribution in [3.8, 4) is 44.5 Å². The summed E-state index contributed by atoms with van der Waals surface area (Å²) in [6, 6.07) is 72.6. The van der Waals surface area contributed by atoms with Crippen LogP contribution in [0.4, 0.5) is 17.1 Å². The number of benzene rings is 9. The van der Waals surface area contributed by atoms with Gasteiger partial charge in [-0.15, -0.1) is 0 Å². The largest absolute Gasteiger partial charge is 0.456 e. The van der Waals surface area contributed by atoms with Gasteiger partial charge in [0.05, 0.1) is 5.69 Å². The molecule has 1 aliphatic carbocycles. The summed E-state index contributed by atoms with van der Waals surface area (Å²) in [4.78, 5) is 2.38. The van der Waals surface area contributed by atoms with Crippen molar-refractivity contribution in [3.05, 3.63) is 211 Å². The fourth-order valence-electron chi connectivity index (χ4n) is 9.40. The van der Waals surface area contributed by atoms with E-state index in [-0.39, 0.29) is 5.41 Å². The molecule has 0 saturated heterocycles. The first-order valence-electron chi connectivity index (χ1n) is 19.8. The maximum Gasteiger partial charge on any atom is 0.137 e. The second-order valence-corrected chi connectivity index (χ2v) is 15.7. The molecule has 9 aromatic carbocycles. The molecular formula is C55H39NO. The second kappa shape index (κ2) is 13.0. The molecule has 0 N–H and O–H groups in total. The molecule has 1 aliphatic rings. The minimum atomic E-state index is -0.102. The molecule has 0 saturated carbocycles. The van der Waals surface area contributed by atoms with E-state index in [4.69, 9.17) is 4.42 Å². The topological polar surface area (TPSA) is 16.4 Å². The summed E-state index contributed by atoms with van der Waals surface area (Å²) in [6.45, 7) is 4.72. The Morgan fingerprint density at radius 1 is 0.386 bits per heavy atom. The first kappa shape index (κ1) is 33.2. The van der Waals surface area contributed by atoms with E-state index in [0.29, 0.717) is 0 Å². The smallest absolute Gasteiger partial charge is 0.137 e. The Morgan fingerprint density at radius 2 is 0.982 bits per heavy atom. The molecule has 1 heterocycles. The number of furan rings is 1. The van der Waals surface area contributed by atoms with E-state index in [1.807, 2.05) is 12.1 Å². The molecule has 11 rings (SSSR count). The van der Waals surface area contributed by atoms with Crippen molar-refractivity contribution < 1.29 is 4.42 Å². The van der Waals surface area contributed by atoms with E-state index < -0.39 is 0 Å². The molecule has 1 aromatic heterocycles. The Labute approximate surface area is 332 Å². The van der Waals surface area contributed by atoms with Crippen LogP contribution in [0.15, 0.2) is 205 Å². The third-order valence-corrected chi connectivity index (χ3v) is 12.1. The number of hydrogen-bond donors (Lipinski definition) is 0. The van der Waals surface area contributed by atoms with Crippen LogP contribution in [-0.2, 0) is 5.41 Å². The van der Waals surface area contributed by atoms with Crippen molar-refractivity contribution in [3.63, 3.8) is 0 Å². The fraction of sp³-hybridized carbons (Fsp3) is 0.0545. The zero-order valence-electron chi connectivity index (χ0n) is 31.9. The molecule has 270 valence electrons. The van der Waals surface area contributed by atoms with Gasteiger partial charge in [0.25, 0.3) is 0 Å². The number of nitrogens with zero attached hydrogens (tertiary/aromatic N) is 1. The Hall–Kier alpha value is -7.16. The quantitative estimate of drug-likeness (QED) is 0.169. The number of fused-ring (bicyclic) bond motifs is 7. The molecule has 0 amide bonds. The summed E-state index contributed by atoms with van der Waals surface area (Å²) in [6.07, 6.45) is 0. The number of anilines is 3. The van der Waals surface area contributed by atoms with Gasteiger partial charge in [0.2, 0.25) is 0 Å². The SMILES string of the molecule is CC1(C)c2ccccc2-c2cccc(-c3ccc(N(c4ccc5c(c4)oc4ccccc45)c4ccccc4-c4cccc(-c5cccc6ccccc56)c4)cc3)c21. The highest BCUT2D eigenvalue weighted by Gasteiger charge is 2.37. The van der Waals surface area contributed by atoms with Crippen molar-refractivity contribution in [2.75, 3.05) is 4.90 Å². The maximum atomic E-state index is 6.47. The van der Waals surface area contributed by atoms with Gasteiger partial charge >= 0.3 is 0 Å².